The molecule has 0 saturated carbocycles. The lowest BCUT2D eigenvalue weighted by Gasteiger charge is -2.13. The van der Waals surface area contributed by atoms with Crippen LogP contribution in [0.2, 0.25) is 10.0 Å². The summed E-state index contributed by atoms with van der Waals surface area (Å²) < 4.78 is 5.77. The van der Waals surface area contributed by atoms with Gasteiger partial charge in [-0.1, -0.05) is 35.3 Å². The Morgan fingerprint density at radius 2 is 1.82 bits per heavy atom. The number of halogens is 2. The van der Waals surface area contributed by atoms with Crippen LogP contribution in [0.3, 0.4) is 0 Å². The molecule has 0 unspecified atom stereocenters. The summed E-state index contributed by atoms with van der Waals surface area (Å²) >= 11 is 13.0. The quantitative estimate of drug-likeness (QED) is 0.402. The van der Waals surface area contributed by atoms with Crippen molar-refractivity contribution in [3.05, 3.63) is 80.4 Å². The maximum Gasteiger partial charge on any atom is 0.294 e. The highest BCUT2D eigenvalue weighted by atomic mass is 35.5. The van der Waals surface area contributed by atoms with Crippen molar-refractivity contribution in [2.45, 2.75) is 13.8 Å². The molecular weight excluding hydrogens is 483 g/mol. The van der Waals surface area contributed by atoms with Gasteiger partial charge >= 0.3 is 0 Å². The first-order valence-corrected chi connectivity index (χ1v) is 11.5. The van der Waals surface area contributed by atoms with E-state index in [0.29, 0.717) is 32.8 Å². The van der Waals surface area contributed by atoms with Gasteiger partial charge in [0.25, 0.3) is 11.1 Å². The molecule has 33 heavy (non-hydrogen) atoms. The number of nitrogens with one attached hydrogen (secondary N) is 1. The third kappa shape index (κ3) is 5.16. The van der Waals surface area contributed by atoms with E-state index in [9.17, 15) is 14.4 Å². The molecule has 2 heterocycles. The summed E-state index contributed by atoms with van der Waals surface area (Å²) in [6, 6.07) is 14.2. The first-order chi connectivity index (χ1) is 15.7. The molecule has 1 fully saturated rings. The van der Waals surface area contributed by atoms with Crippen molar-refractivity contribution >= 4 is 63.8 Å². The van der Waals surface area contributed by atoms with Crippen LogP contribution in [-0.4, -0.2) is 28.5 Å². The van der Waals surface area contributed by atoms with E-state index in [4.69, 9.17) is 27.6 Å². The van der Waals surface area contributed by atoms with Gasteiger partial charge < -0.3 is 9.73 Å². The van der Waals surface area contributed by atoms with Crippen LogP contribution in [0.1, 0.15) is 16.9 Å². The number of aryl methyl sites for hydroxylation is 2. The number of carbonyl (C=O) groups is 3. The van der Waals surface area contributed by atoms with Crippen LogP contribution >= 0.6 is 35.0 Å². The van der Waals surface area contributed by atoms with Crippen LogP contribution in [-0.2, 0) is 9.59 Å². The lowest BCUT2D eigenvalue weighted by molar-refractivity contribution is -0.127. The highest BCUT2D eigenvalue weighted by Crippen LogP contribution is 2.36. The minimum atomic E-state index is -0.556. The summed E-state index contributed by atoms with van der Waals surface area (Å²) in [7, 11) is 0. The molecular formula is C24H18Cl2N2O4S. The van der Waals surface area contributed by atoms with Crippen molar-refractivity contribution in [1.29, 1.82) is 0 Å². The average molecular weight is 501 g/mol. The SMILES string of the molecule is Cc1cc(C)cc(NC(=O)CN2C(=O)S/C(=C/c3ccc(-c4cccc(Cl)c4Cl)o3)C2=O)c1. The summed E-state index contributed by atoms with van der Waals surface area (Å²) in [6.45, 7) is 3.46. The number of hydrogen-bond donors (Lipinski definition) is 1. The topological polar surface area (TPSA) is 79.6 Å². The number of anilines is 1. The molecule has 168 valence electrons. The lowest BCUT2D eigenvalue weighted by atomic mass is 10.1. The van der Waals surface area contributed by atoms with E-state index < -0.39 is 17.1 Å². The number of benzene rings is 2. The largest absolute Gasteiger partial charge is 0.457 e. The van der Waals surface area contributed by atoms with Crippen molar-refractivity contribution in [3.8, 4) is 11.3 Å². The van der Waals surface area contributed by atoms with Crippen molar-refractivity contribution in [3.63, 3.8) is 0 Å². The van der Waals surface area contributed by atoms with Gasteiger partial charge in [0.05, 0.1) is 15.0 Å². The molecule has 6 nitrogen and oxygen atoms in total. The smallest absolute Gasteiger partial charge is 0.294 e. The second-order valence-electron chi connectivity index (χ2n) is 7.50. The van der Waals surface area contributed by atoms with Gasteiger partial charge in [0, 0.05) is 17.3 Å². The van der Waals surface area contributed by atoms with Crippen LogP contribution in [0.25, 0.3) is 17.4 Å². The van der Waals surface area contributed by atoms with E-state index in [1.165, 1.54) is 6.08 Å². The molecule has 0 spiro atoms. The molecule has 0 atom stereocenters. The zero-order valence-corrected chi connectivity index (χ0v) is 20.0. The predicted molar refractivity (Wildman–Crippen MR) is 131 cm³/mol. The van der Waals surface area contributed by atoms with Crippen LogP contribution < -0.4 is 5.32 Å². The average Bonchev–Trinajstić information content (AvgIpc) is 3.29. The number of nitrogens with zero attached hydrogens (tertiary/aromatic N) is 1. The molecule has 3 amide bonds. The van der Waals surface area contributed by atoms with Gasteiger partial charge in [0.15, 0.2) is 0 Å². The second-order valence-corrected chi connectivity index (χ2v) is 9.27. The molecule has 1 N–H and O–H groups in total. The summed E-state index contributed by atoms with van der Waals surface area (Å²) in [5, 5.41) is 2.96. The number of imide groups is 1. The Hall–Kier alpha value is -3.00. The van der Waals surface area contributed by atoms with Gasteiger partial charge in [-0.15, -0.1) is 0 Å². The fourth-order valence-electron chi connectivity index (χ4n) is 3.43. The fraction of sp³-hybridized carbons (Fsp3) is 0.125. The minimum Gasteiger partial charge on any atom is -0.457 e. The molecule has 2 aromatic carbocycles. The van der Waals surface area contributed by atoms with E-state index >= 15 is 0 Å². The van der Waals surface area contributed by atoms with E-state index in [1.807, 2.05) is 32.0 Å². The number of carbonyl (C=O) groups excluding carboxylic acids is 3. The summed E-state index contributed by atoms with van der Waals surface area (Å²) in [4.78, 5) is 38.6. The number of furan rings is 1. The third-order valence-electron chi connectivity index (χ3n) is 4.80. The predicted octanol–water partition coefficient (Wildman–Crippen LogP) is 6.55. The van der Waals surface area contributed by atoms with Gasteiger partial charge in [0.1, 0.15) is 18.1 Å². The number of amides is 3. The first-order valence-electron chi connectivity index (χ1n) is 9.89. The maximum absolute atomic E-state index is 12.7. The Kier molecular flexibility index (Phi) is 6.65. The van der Waals surface area contributed by atoms with E-state index in [2.05, 4.69) is 5.32 Å². The molecule has 4 rings (SSSR count). The monoisotopic (exact) mass is 500 g/mol. The van der Waals surface area contributed by atoms with E-state index in [1.54, 1.807) is 30.3 Å². The molecule has 0 bridgehead atoms. The van der Waals surface area contributed by atoms with Crippen LogP contribution in [0.4, 0.5) is 10.5 Å². The van der Waals surface area contributed by atoms with E-state index in [0.717, 1.165) is 27.8 Å². The first kappa shape index (κ1) is 23.2. The number of thioether (sulfide) groups is 1. The Bertz CT molecular complexity index is 1300. The summed E-state index contributed by atoms with van der Waals surface area (Å²) in [6.07, 6.45) is 1.47. The Labute approximate surface area is 204 Å². The van der Waals surface area contributed by atoms with Gasteiger partial charge in [0.2, 0.25) is 5.91 Å². The Morgan fingerprint density at radius 1 is 1.09 bits per heavy atom. The molecule has 1 saturated heterocycles. The van der Waals surface area contributed by atoms with Crippen molar-refractivity contribution < 1.29 is 18.8 Å². The second kappa shape index (κ2) is 9.47. The van der Waals surface area contributed by atoms with Crippen molar-refractivity contribution in [2.75, 3.05) is 11.9 Å². The molecule has 9 heteroatoms. The minimum absolute atomic E-state index is 0.164. The third-order valence-corrected chi connectivity index (χ3v) is 6.52. The standard InChI is InChI=1S/C24H18Cl2N2O4S/c1-13-8-14(2)10-15(9-13)27-21(29)12-28-23(30)20(33-24(28)31)11-16-6-7-19(32-16)17-4-3-5-18(25)22(17)26/h3-11H,12H2,1-2H3,(H,27,29)/b20-11+. The van der Waals surface area contributed by atoms with Crippen LogP contribution in [0.15, 0.2) is 57.9 Å². The Morgan fingerprint density at radius 3 is 2.55 bits per heavy atom. The zero-order valence-electron chi connectivity index (χ0n) is 17.6. The van der Waals surface area contributed by atoms with Crippen LogP contribution in [0.5, 0.6) is 0 Å². The molecule has 0 radical (unpaired) electrons. The van der Waals surface area contributed by atoms with Gasteiger partial charge in [-0.3, -0.25) is 19.3 Å². The fourth-order valence-corrected chi connectivity index (χ4v) is 4.64. The summed E-state index contributed by atoms with van der Waals surface area (Å²) in [5.41, 5.74) is 3.22. The van der Waals surface area contributed by atoms with Gasteiger partial charge in [-0.05, 0) is 73.1 Å². The molecule has 3 aromatic rings. The van der Waals surface area contributed by atoms with Gasteiger partial charge in [-0.2, -0.15) is 0 Å². The van der Waals surface area contributed by atoms with Crippen molar-refractivity contribution in [1.82, 2.24) is 4.90 Å². The highest BCUT2D eigenvalue weighted by molar-refractivity contribution is 8.18. The molecule has 1 aliphatic heterocycles. The van der Waals surface area contributed by atoms with Gasteiger partial charge in [-0.25, -0.2) is 0 Å². The maximum atomic E-state index is 12.7. The Balaban J connectivity index is 1.47. The molecule has 1 aliphatic rings. The number of hydrogen-bond acceptors (Lipinski definition) is 5. The van der Waals surface area contributed by atoms with Crippen LogP contribution in [0, 0.1) is 13.8 Å². The molecule has 1 aromatic heterocycles. The normalized spacial score (nSPS) is 14.9. The zero-order chi connectivity index (χ0) is 23.7. The van der Waals surface area contributed by atoms with Crippen molar-refractivity contribution in [2.24, 2.45) is 0 Å². The summed E-state index contributed by atoms with van der Waals surface area (Å²) in [5.74, 6) is -0.175. The van der Waals surface area contributed by atoms with E-state index in [-0.39, 0.29) is 11.4 Å². The lowest BCUT2D eigenvalue weighted by Crippen LogP contribution is -2.36. The highest BCUT2D eigenvalue weighted by Gasteiger charge is 2.36. The number of rotatable bonds is 5. The molecule has 0 aliphatic carbocycles.